The molecule has 0 atom stereocenters. The molecule has 1 aromatic rings. The van der Waals surface area contributed by atoms with Crippen LogP contribution in [0, 0.1) is 5.82 Å². The molecule has 0 spiro atoms. The second-order valence-electron chi connectivity index (χ2n) is 3.91. The number of nitrogens with zero attached hydrogens (tertiary/aromatic N) is 1. The summed E-state index contributed by atoms with van der Waals surface area (Å²) in [6.45, 7) is 6.06. The third-order valence-electron chi connectivity index (χ3n) is 2.32. The van der Waals surface area contributed by atoms with Gasteiger partial charge in [0, 0.05) is 13.1 Å². The number of hydrogen-bond acceptors (Lipinski definition) is 2. The van der Waals surface area contributed by atoms with Crippen LogP contribution in [-0.2, 0) is 6.54 Å². The Labute approximate surface area is 107 Å². The van der Waals surface area contributed by atoms with Crippen molar-refractivity contribution in [2.45, 2.75) is 26.8 Å². The van der Waals surface area contributed by atoms with Crippen molar-refractivity contribution < 1.29 is 9.50 Å². The van der Waals surface area contributed by atoms with Gasteiger partial charge in [-0.15, -0.1) is 0 Å². The number of benzene rings is 1. The van der Waals surface area contributed by atoms with Gasteiger partial charge in [-0.25, -0.2) is 9.38 Å². The number of guanidine groups is 1. The van der Waals surface area contributed by atoms with E-state index in [9.17, 15) is 4.39 Å². The van der Waals surface area contributed by atoms with Crippen LogP contribution in [0.2, 0.25) is 0 Å². The number of rotatable bonds is 5. The summed E-state index contributed by atoms with van der Waals surface area (Å²) < 4.78 is 13.1. The third kappa shape index (κ3) is 4.61. The van der Waals surface area contributed by atoms with Crippen molar-refractivity contribution in [2.24, 2.45) is 4.99 Å². The van der Waals surface area contributed by atoms with E-state index in [-0.39, 0.29) is 5.75 Å². The standard InChI is InChI=1S/C13H20FN3O/c1-3-7-16-13(15-4-2)17-9-10-5-6-12(18)11(14)8-10/h5-6,8,18H,3-4,7,9H2,1-2H3,(H2,15,16,17). The highest BCUT2D eigenvalue weighted by Gasteiger charge is 2.01. The van der Waals surface area contributed by atoms with Gasteiger partial charge in [0.1, 0.15) is 0 Å². The van der Waals surface area contributed by atoms with Gasteiger partial charge in [-0.1, -0.05) is 13.0 Å². The molecule has 0 aliphatic rings. The quantitative estimate of drug-likeness (QED) is 0.555. The Morgan fingerprint density at radius 1 is 1.33 bits per heavy atom. The van der Waals surface area contributed by atoms with Crippen molar-refractivity contribution >= 4 is 5.96 Å². The average Bonchev–Trinajstić information content (AvgIpc) is 2.37. The van der Waals surface area contributed by atoms with Gasteiger partial charge in [-0.3, -0.25) is 0 Å². The summed E-state index contributed by atoms with van der Waals surface area (Å²) in [4.78, 5) is 4.34. The number of phenols is 1. The first kappa shape index (κ1) is 14.3. The number of phenolic OH excluding ortho intramolecular Hbond substituents is 1. The molecule has 5 heteroatoms. The second kappa shape index (κ2) is 7.53. The van der Waals surface area contributed by atoms with Gasteiger partial charge in [0.15, 0.2) is 17.5 Å². The van der Waals surface area contributed by atoms with E-state index in [1.54, 1.807) is 6.07 Å². The zero-order chi connectivity index (χ0) is 13.4. The van der Waals surface area contributed by atoms with Gasteiger partial charge in [-0.05, 0) is 31.0 Å². The normalized spacial score (nSPS) is 11.4. The molecule has 18 heavy (non-hydrogen) atoms. The lowest BCUT2D eigenvalue weighted by molar-refractivity contribution is 0.432. The van der Waals surface area contributed by atoms with E-state index in [2.05, 4.69) is 22.5 Å². The van der Waals surface area contributed by atoms with Crippen molar-refractivity contribution in [1.29, 1.82) is 0 Å². The minimum Gasteiger partial charge on any atom is -0.505 e. The Bertz CT molecular complexity index is 407. The molecule has 0 bridgehead atoms. The van der Waals surface area contributed by atoms with Crippen LogP contribution in [0.25, 0.3) is 0 Å². The maximum absolute atomic E-state index is 13.1. The molecule has 100 valence electrons. The molecular weight excluding hydrogens is 233 g/mol. The Morgan fingerprint density at radius 2 is 2.11 bits per heavy atom. The highest BCUT2D eigenvalue weighted by atomic mass is 19.1. The fourth-order valence-corrected chi connectivity index (χ4v) is 1.40. The summed E-state index contributed by atoms with van der Waals surface area (Å²) in [6.07, 6.45) is 1.01. The predicted octanol–water partition coefficient (Wildman–Crippen LogP) is 2.00. The topological polar surface area (TPSA) is 56.7 Å². The van der Waals surface area contributed by atoms with E-state index in [1.165, 1.54) is 12.1 Å². The van der Waals surface area contributed by atoms with Crippen LogP contribution >= 0.6 is 0 Å². The number of aliphatic imine (C=N–C) groups is 1. The third-order valence-corrected chi connectivity index (χ3v) is 2.32. The molecule has 0 radical (unpaired) electrons. The fraction of sp³-hybridized carbons (Fsp3) is 0.462. The molecule has 1 rings (SSSR count). The van der Waals surface area contributed by atoms with Crippen LogP contribution in [-0.4, -0.2) is 24.2 Å². The summed E-state index contributed by atoms with van der Waals surface area (Å²) >= 11 is 0. The van der Waals surface area contributed by atoms with Crippen molar-refractivity contribution in [2.75, 3.05) is 13.1 Å². The number of aromatic hydroxyl groups is 1. The molecule has 0 heterocycles. The zero-order valence-corrected chi connectivity index (χ0v) is 10.8. The lowest BCUT2D eigenvalue weighted by atomic mass is 10.2. The average molecular weight is 253 g/mol. The number of nitrogens with one attached hydrogen (secondary N) is 2. The van der Waals surface area contributed by atoms with E-state index in [1.807, 2.05) is 6.92 Å². The summed E-state index contributed by atoms with van der Waals surface area (Å²) in [5.41, 5.74) is 0.721. The predicted molar refractivity (Wildman–Crippen MR) is 71.2 cm³/mol. The molecule has 0 fully saturated rings. The molecule has 1 aromatic carbocycles. The molecule has 3 N–H and O–H groups in total. The van der Waals surface area contributed by atoms with E-state index in [0.29, 0.717) is 12.5 Å². The van der Waals surface area contributed by atoms with Crippen LogP contribution in [0.15, 0.2) is 23.2 Å². The molecule has 0 amide bonds. The SMILES string of the molecule is CCCNC(=NCc1ccc(O)c(F)c1)NCC. The van der Waals surface area contributed by atoms with Crippen LogP contribution < -0.4 is 10.6 Å². The molecule has 0 unspecified atom stereocenters. The first-order valence-electron chi connectivity index (χ1n) is 6.17. The van der Waals surface area contributed by atoms with E-state index < -0.39 is 5.82 Å². The Balaban J connectivity index is 2.65. The first-order valence-corrected chi connectivity index (χ1v) is 6.17. The molecule has 0 aliphatic carbocycles. The van der Waals surface area contributed by atoms with Crippen molar-refractivity contribution in [3.05, 3.63) is 29.6 Å². The van der Waals surface area contributed by atoms with Gasteiger partial charge in [0.2, 0.25) is 0 Å². The minimum atomic E-state index is -0.616. The van der Waals surface area contributed by atoms with Crippen molar-refractivity contribution in [1.82, 2.24) is 10.6 Å². The Kier molecular flexibility index (Phi) is 5.97. The maximum atomic E-state index is 13.1. The second-order valence-corrected chi connectivity index (χ2v) is 3.91. The van der Waals surface area contributed by atoms with Gasteiger partial charge in [0.25, 0.3) is 0 Å². The molecule has 0 saturated carbocycles. The van der Waals surface area contributed by atoms with Crippen LogP contribution in [0.3, 0.4) is 0 Å². The molecule has 0 aliphatic heterocycles. The first-order chi connectivity index (χ1) is 8.67. The van der Waals surface area contributed by atoms with Crippen molar-refractivity contribution in [3.63, 3.8) is 0 Å². The van der Waals surface area contributed by atoms with Crippen LogP contribution in [0.4, 0.5) is 4.39 Å². The van der Waals surface area contributed by atoms with Gasteiger partial charge >= 0.3 is 0 Å². The largest absolute Gasteiger partial charge is 0.505 e. The summed E-state index contributed by atoms with van der Waals surface area (Å²) in [6, 6.07) is 4.29. The number of halogens is 1. The maximum Gasteiger partial charge on any atom is 0.191 e. The lowest BCUT2D eigenvalue weighted by Crippen LogP contribution is -2.37. The Morgan fingerprint density at radius 3 is 2.72 bits per heavy atom. The van der Waals surface area contributed by atoms with Gasteiger partial charge in [0.05, 0.1) is 6.54 Å². The fourth-order valence-electron chi connectivity index (χ4n) is 1.40. The van der Waals surface area contributed by atoms with E-state index >= 15 is 0 Å². The summed E-state index contributed by atoms with van der Waals surface area (Å²) in [5.74, 6) is -0.235. The van der Waals surface area contributed by atoms with E-state index in [4.69, 9.17) is 5.11 Å². The zero-order valence-electron chi connectivity index (χ0n) is 10.8. The van der Waals surface area contributed by atoms with E-state index in [0.717, 1.165) is 25.1 Å². The molecule has 0 saturated heterocycles. The Hall–Kier alpha value is -1.78. The van der Waals surface area contributed by atoms with Crippen molar-refractivity contribution in [3.8, 4) is 5.75 Å². The molecule has 4 nitrogen and oxygen atoms in total. The minimum absolute atomic E-state index is 0.334. The number of hydrogen-bond donors (Lipinski definition) is 3. The van der Waals surface area contributed by atoms with Crippen LogP contribution in [0.1, 0.15) is 25.8 Å². The monoisotopic (exact) mass is 253 g/mol. The van der Waals surface area contributed by atoms with Gasteiger partial charge in [-0.2, -0.15) is 0 Å². The van der Waals surface area contributed by atoms with Gasteiger partial charge < -0.3 is 15.7 Å². The summed E-state index contributed by atoms with van der Waals surface area (Å²) in [5, 5.41) is 15.4. The smallest absolute Gasteiger partial charge is 0.191 e. The lowest BCUT2D eigenvalue weighted by Gasteiger charge is -2.10. The molecule has 0 aromatic heterocycles. The highest BCUT2D eigenvalue weighted by Crippen LogP contribution is 2.16. The van der Waals surface area contributed by atoms with Crippen LogP contribution in [0.5, 0.6) is 5.75 Å². The summed E-state index contributed by atoms with van der Waals surface area (Å²) in [7, 11) is 0. The highest BCUT2D eigenvalue weighted by molar-refractivity contribution is 5.79. The molecular formula is C13H20FN3O.